The molecule has 106 valence electrons. The monoisotopic (exact) mass is 250 g/mol. The summed E-state index contributed by atoms with van der Waals surface area (Å²) in [5.74, 6) is 0.844. The maximum absolute atomic E-state index is 2.54. The zero-order valence-corrected chi connectivity index (χ0v) is 13.6. The highest BCUT2D eigenvalue weighted by Gasteiger charge is 2.27. The second kappa shape index (κ2) is 7.01. The van der Waals surface area contributed by atoms with Gasteiger partial charge in [-0.15, -0.1) is 0 Å². The van der Waals surface area contributed by atoms with Crippen molar-refractivity contribution in [3.05, 3.63) is 0 Å². The SMILES string of the molecule is BC1(C)CCCCCC(C)(C(C)C)CCCCC1. The van der Waals surface area contributed by atoms with Gasteiger partial charge < -0.3 is 0 Å². The highest BCUT2D eigenvalue weighted by molar-refractivity contribution is 6.14. The number of rotatable bonds is 1. The molecule has 0 aromatic carbocycles. The standard InChI is InChI=1S/C17H35B/c1-15(2)16(3)11-7-5-9-13-17(4,18)14-10-6-8-12-16/h15H,5-14,18H2,1-4H3. The summed E-state index contributed by atoms with van der Waals surface area (Å²) >= 11 is 0. The van der Waals surface area contributed by atoms with Crippen LogP contribution in [0.3, 0.4) is 0 Å². The Bertz CT molecular complexity index is 214. The molecule has 1 rings (SSSR count). The van der Waals surface area contributed by atoms with Crippen LogP contribution in [0.1, 0.15) is 91.9 Å². The molecule has 0 aromatic rings. The van der Waals surface area contributed by atoms with E-state index in [0.717, 1.165) is 5.92 Å². The van der Waals surface area contributed by atoms with E-state index >= 15 is 0 Å². The fraction of sp³-hybridized carbons (Fsp3) is 1.00. The largest absolute Gasteiger partial charge is 0.109 e. The molecule has 0 nitrogen and oxygen atoms in total. The molecule has 18 heavy (non-hydrogen) atoms. The van der Waals surface area contributed by atoms with Crippen LogP contribution in [0.2, 0.25) is 5.31 Å². The van der Waals surface area contributed by atoms with Gasteiger partial charge in [0.25, 0.3) is 0 Å². The topological polar surface area (TPSA) is 0 Å². The summed E-state index contributed by atoms with van der Waals surface area (Å²) in [6.07, 6.45) is 14.5. The van der Waals surface area contributed by atoms with Crippen LogP contribution in [0.15, 0.2) is 0 Å². The second-order valence-corrected chi connectivity index (χ2v) is 8.09. The van der Waals surface area contributed by atoms with Gasteiger partial charge in [0.1, 0.15) is 7.85 Å². The van der Waals surface area contributed by atoms with Gasteiger partial charge in [-0.2, -0.15) is 0 Å². The lowest BCUT2D eigenvalue weighted by Gasteiger charge is -2.35. The van der Waals surface area contributed by atoms with Crippen molar-refractivity contribution in [2.75, 3.05) is 0 Å². The zero-order chi connectivity index (χ0) is 13.6. The third kappa shape index (κ3) is 5.37. The molecule has 1 aliphatic carbocycles. The molecule has 0 amide bonds. The third-order valence-electron chi connectivity index (χ3n) is 5.60. The summed E-state index contributed by atoms with van der Waals surface area (Å²) < 4.78 is 0. The maximum atomic E-state index is 2.54. The first-order valence-electron chi connectivity index (χ1n) is 8.36. The molecule has 0 heterocycles. The fourth-order valence-corrected chi connectivity index (χ4v) is 3.45. The van der Waals surface area contributed by atoms with Gasteiger partial charge in [-0.25, -0.2) is 0 Å². The smallest absolute Gasteiger partial charge is 0.0669 e. The Hall–Kier alpha value is 0.0649. The molecule has 0 N–H and O–H groups in total. The van der Waals surface area contributed by atoms with Gasteiger partial charge in [-0.3, -0.25) is 0 Å². The van der Waals surface area contributed by atoms with E-state index in [2.05, 4.69) is 35.5 Å². The van der Waals surface area contributed by atoms with Crippen molar-refractivity contribution in [3.63, 3.8) is 0 Å². The van der Waals surface area contributed by atoms with E-state index in [1.54, 1.807) is 0 Å². The van der Waals surface area contributed by atoms with Crippen LogP contribution < -0.4 is 0 Å². The summed E-state index contributed by atoms with van der Waals surface area (Å²) in [6.45, 7) is 9.86. The lowest BCUT2D eigenvalue weighted by molar-refractivity contribution is 0.166. The molecule has 0 atom stereocenters. The predicted molar refractivity (Wildman–Crippen MR) is 86.0 cm³/mol. The Morgan fingerprint density at radius 3 is 1.50 bits per heavy atom. The summed E-state index contributed by atoms with van der Waals surface area (Å²) in [5.41, 5.74) is 0.606. The zero-order valence-electron chi connectivity index (χ0n) is 13.6. The van der Waals surface area contributed by atoms with Gasteiger partial charge in [0.2, 0.25) is 0 Å². The first-order chi connectivity index (χ1) is 8.36. The van der Waals surface area contributed by atoms with Gasteiger partial charge in [-0.1, -0.05) is 84.4 Å². The lowest BCUT2D eigenvalue weighted by Crippen LogP contribution is -2.23. The van der Waals surface area contributed by atoms with Crippen molar-refractivity contribution in [2.45, 2.75) is 97.2 Å². The quantitative estimate of drug-likeness (QED) is 0.548. The highest BCUT2D eigenvalue weighted by atomic mass is 14.3. The Morgan fingerprint density at radius 1 is 0.722 bits per heavy atom. The van der Waals surface area contributed by atoms with Crippen LogP contribution in [-0.2, 0) is 0 Å². The Labute approximate surface area is 117 Å². The molecule has 1 aliphatic rings. The van der Waals surface area contributed by atoms with Crippen LogP contribution >= 0.6 is 0 Å². The first-order valence-corrected chi connectivity index (χ1v) is 8.36. The lowest BCUT2D eigenvalue weighted by atomic mass is 9.63. The van der Waals surface area contributed by atoms with Crippen LogP contribution in [-0.4, -0.2) is 7.85 Å². The third-order valence-corrected chi connectivity index (χ3v) is 5.60. The average molecular weight is 250 g/mol. The van der Waals surface area contributed by atoms with Crippen LogP contribution in [0, 0.1) is 11.3 Å². The van der Waals surface area contributed by atoms with E-state index < -0.39 is 0 Å². The molecule has 0 saturated heterocycles. The molecule has 1 heteroatoms. The molecule has 0 aliphatic heterocycles. The van der Waals surface area contributed by atoms with Crippen molar-refractivity contribution in [3.8, 4) is 0 Å². The molecule has 0 bridgehead atoms. The Balaban J connectivity index is 2.51. The van der Waals surface area contributed by atoms with Crippen molar-refractivity contribution in [2.24, 2.45) is 11.3 Å². The van der Waals surface area contributed by atoms with Gasteiger partial charge in [-0.05, 0) is 24.2 Å². The highest BCUT2D eigenvalue weighted by Crippen LogP contribution is 2.41. The fourth-order valence-electron chi connectivity index (χ4n) is 3.45. The number of hydrogen-bond acceptors (Lipinski definition) is 0. The van der Waals surface area contributed by atoms with Crippen molar-refractivity contribution in [1.29, 1.82) is 0 Å². The summed E-state index contributed by atoms with van der Waals surface area (Å²) in [5, 5.41) is 0.598. The molecule has 1 fully saturated rings. The van der Waals surface area contributed by atoms with E-state index in [1.807, 2.05) is 0 Å². The summed E-state index contributed by atoms with van der Waals surface area (Å²) in [4.78, 5) is 0. The van der Waals surface area contributed by atoms with Gasteiger partial charge in [0, 0.05) is 0 Å². The van der Waals surface area contributed by atoms with E-state index in [4.69, 9.17) is 0 Å². The van der Waals surface area contributed by atoms with Crippen molar-refractivity contribution in [1.82, 2.24) is 0 Å². The first kappa shape index (κ1) is 16.1. The molecular weight excluding hydrogens is 215 g/mol. The minimum absolute atomic E-state index is 0.598. The van der Waals surface area contributed by atoms with Gasteiger partial charge >= 0.3 is 0 Å². The maximum Gasteiger partial charge on any atom is 0.109 e. The normalized spacial score (nSPS) is 36.9. The minimum Gasteiger partial charge on any atom is -0.0669 e. The molecule has 0 aromatic heterocycles. The van der Waals surface area contributed by atoms with E-state index in [0.29, 0.717) is 10.7 Å². The second-order valence-electron chi connectivity index (χ2n) is 8.09. The van der Waals surface area contributed by atoms with E-state index in [9.17, 15) is 0 Å². The minimum atomic E-state index is 0.598. The predicted octanol–water partition coefficient (Wildman–Crippen LogP) is 5.38. The van der Waals surface area contributed by atoms with Crippen LogP contribution in [0.5, 0.6) is 0 Å². The van der Waals surface area contributed by atoms with Crippen molar-refractivity contribution >= 4 is 7.85 Å². The Kier molecular flexibility index (Phi) is 6.28. The van der Waals surface area contributed by atoms with Crippen LogP contribution in [0.25, 0.3) is 0 Å². The molecular formula is C17H35B. The number of hydrogen-bond donors (Lipinski definition) is 0. The van der Waals surface area contributed by atoms with E-state index in [1.165, 1.54) is 64.2 Å². The molecule has 1 saturated carbocycles. The summed E-state index contributed by atoms with van der Waals surface area (Å²) in [6, 6.07) is 0. The van der Waals surface area contributed by atoms with E-state index in [-0.39, 0.29) is 0 Å². The average Bonchev–Trinajstić information content (AvgIpc) is 2.26. The molecule has 0 radical (unpaired) electrons. The van der Waals surface area contributed by atoms with Crippen LogP contribution in [0.4, 0.5) is 0 Å². The molecule has 0 unspecified atom stereocenters. The summed E-state index contributed by atoms with van der Waals surface area (Å²) in [7, 11) is 2.47. The Morgan fingerprint density at radius 2 is 1.11 bits per heavy atom. The van der Waals surface area contributed by atoms with Gasteiger partial charge in [0.05, 0.1) is 0 Å². The van der Waals surface area contributed by atoms with Gasteiger partial charge in [0.15, 0.2) is 0 Å². The molecule has 0 spiro atoms. The van der Waals surface area contributed by atoms with Crippen molar-refractivity contribution < 1.29 is 0 Å².